The van der Waals surface area contributed by atoms with Gasteiger partial charge in [-0.1, -0.05) is 6.07 Å². The minimum Gasteiger partial charge on any atom is -0.355 e. The molecule has 6 heteroatoms. The molecule has 0 saturated heterocycles. The Morgan fingerprint density at radius 2 is 2.16 bits per heavy atom. The van der Waals surface area contributed by atoms with Gasteiger partial charge in [0.1, 0.15) is 11.0 Å². The quantitative estimate of drug-likeness (QED) is 0.876. The summed E-state index contributed by atoms with van der Waals surface area (Å²) in [4.78, 5) is 13.7. The normalized spacial score (nSPS) is 12.8. The maximum atomic E-state index is 11.8. The van der Waals surface area contributed by atoms with Crippen LogP contribution in [0.2, 0.25) is 0 Å². The highest BCUT2D eigenvalue weighted by Gasteiger charge is 2.17. The minimum absolute atomic E-state index is 0.0363. The van der Waals surface area contributed by atoms with Crippen LogP contribution in [-0.2, 0) is 11.3 Å². The number of carbonyl (C=O) groups is 1. The van der Waals surface area contributed by atoms with E-state index >= 15 is 0 Å². The summed E-state index contributed by atoms with van der Waals surface area (Å²) in [5.74, 6) is 0.0363. The molecule has 1 aromatic carbocycles. The molecule has 19 heavy (non-hydrogen) atoms. The van der Waals surface area contributed by atoms with Gasteiger partial charge < -0.3 is 5.32 Å². The first-order valence-corrected chi connectivity index (χ1v) is 6.31. The number of carbonyl (C=O) groups excluding carboxylic acids is 1. The molecule has 0 fully saturated rings. The van der Waals surface area contributed by atoms with E-state index in [-0.39, 0.29) is 11.9 Å². The minimum atomic E-state index is -0.175. The third kappa shape index (κ3) is 3.08. The predicted octanol–water partition coefficient (Wildman–Crippen LogP) is 1.18. The molecule has 1 N–H and O–H groups in total. The van der Waals surface area contributed by atoms with Crippen molar-refractivity contribution in [2.24, 2.45) is 0 Å². The first-order valence-electron chi connectivity index (χ1n) is 6.31. The molecule has 1 amide bonds. The third-order valence-corrected chi connectivity index (χ3v) is 3.14. The van der Waals surface area contributed by atoms with Gasteiger partial charge in [0.15, 0.2) is 0 Å². The highest BCUT2D eigenvalue weighted by Crippen LogP contribution is 2.13. The van der Waals surface area contributed by atoms with Crippen molar-refractivity contribution in [3.05, 3.63) is 23.8 Å². The van der Waals surface area contributed by atoms with E-state index in [4.69, 9.17) is 0 Å². The van der Waals surface area contributed by atoms with E-state index in [2.05, 4.69) is 20.3 Å². The van der Waals surface area contributed by atoms with Gasteiger partial charge in [0.25, 0.3) is 0 Å². The number of likely N-dealkylation sites (N-methyl/N-ethyl adjacent to an activating group) is 2. The number of benzene rings is 1. The summed E-state index contributed by atoms with van der Waals surface area (Å²) < 4.78 is 4.66. The smallest absolute Gasteiger partial charge is 0.237 e. The number of fused-ring (bicyclic) bond motifs is 1. The lowest BCUT2D eigenvalue weighted by Gasteiger charge is -2.23. The number of nitrogens with zero attached hydrogens (tertiary/aromatic N) is 3. The zero-order valence-corrected chi connectivity index (χ0v) is 11.4. The molecule has 0 saturated carbocycles. The van der Waals surface area contributed by atoms with Crippen molar-refractivity contribution < 1.29 is 9.42 Å². The summed E-state index contributed by atoms with van der Waals surface area (Å²) in [5, 5.41) is 10.4. The lowest BCUT2D eigenvalue weighted by molar-refractivity contribution is -0.125. The zero-order valence-electron chi connectivity index (χ0n) is 11.4. The second-order valence-electron chi connectivity index (χ2n) is 4.57. The van der Waals surface area contributed by atoms with Crippen molar-refractivity contribution in [3.8, 4) is 0 Å². The average Bonchev–Trinajstić information content (AvgIpc) is 2.85. The number of amides is 1. The topological polar surface area (TPSA) is 71.3 Å². The van der Waals surface area contributed by atoms with Crippen molar-refractivity contribution in [1.82, 2.24) is 20.5 Å². The Morgan fingerprint density at radius 3 is 2.89 bits per heavy atom. The lowest BCUT2D eigenvalue weighted by atomic mass is 10.1. The fourth-order valence-corrected chi connectivity index (χ4v) is 1.87. The Labute approximate surface area is 111 Å². The summed E-state index contributed by atoms with van der Waals surface area (Å²) in [7, 11) is 1.92. The Bertz CT molecular complexity index is 567. The van der Waals surface area contributed by atoms with Gasteiger partial charge >= 0.3 is 0 Å². The maximum absolute atomic E-state index is 11.8. The van der Waals surface area contributed by atoms with Gasteiger partial charge in [0.2, 0.25) is 5.91 Å². The molecule has 1 atom stereocenters. The van der Waals surface area contributed by atoms with Crippen LogP contribution in [0.1, 0.15) is 19.4 Å². The number of hydrogen-bond donors (Lipinski definition) is 1. The van der Waals surface area contributed by atoms with Crippen molar-refractivity contribution >= 4 is 16.9 Å². The Balaban J connectivity index is 2.05. The lowest BCUT2D eigenvalue weighted by Crippen LogP contribution is -2.42. The van der Waals surface area contributed by atoms with Gasteiger partial charge in [-0.25, -0.2) is 4.63 Å². The fraction of sp³-hybridized carbons (Fsp3) is 0.462. The second-order valence-corrected chi connectivity index (χ2v) is 4.57. The van der Waals surface area contributed by atoms with Crippen LogP contribution in [0.5, 0.6) is 0 Å². The van der Waals surface area contributed by atoms with E-state index in [0.717, 1.165) is 16.6 Å². The van der Waals surface area contributed by atoms with E-state index in [1.54, 1.807) is 0 Å². The third-order valence-electron chi connectivity index (χ3n) is 3.14. The monoisotopic (exact) mass is 262 g/mol. The number of aromatic nitrogens is 2. The van der Waals surface area contributed by atoms with Crippen LogP contribution in [0, 0.1) is 0 Å². The molecule has 1 heterocycles. The standard InChI is InChI=1S/C13H18N4O2/c1-4-14-13(18)9(2)17(3)8-10-5-6-11-12(7-10)16-19-15-11/h5-7,9H,4,8H2,1-3H3,(H,14,18). The van der Waals surface area contributed by atoms with Crippen LogP contribution in [0.15, 0.2) is 22.8 Å². The van der Waals surface area contributed by atoms with E-state index in [0.29, 0.717) is 13.1 Å². The number of nitrogens with one attached hydrogen (secondary N) is 1. The van der Waals surface area contributed by atoms with Crippen molar-refractivity contribution in [1.29, 1.82) is 0 Å². The molecule has 0 radical (unpaired) electrons. The zero-order chi connectivity index (χ0) is 13.8. The van der Waals surface area contributed by atoms with Crippen LogP contribution in [-0.4, -0.2) is 40.8 Å². The molecule has 0 aliphatic rings. The largest absolute Gasteiger partial charge is 0.355 e. The molecule has 0 bridgehead atoms. The number of rotatable bonds is 5. The van der Waals surface area contributed by atoms with Crippen molar-refractivity contribution in [3.63, 3.8) is 0 Å². The van der Waals surface area contributed by atoms with Gasteiger partial charge in [-0.3, -0.25) is 9.69 Å². The van der Waals surface area contributed by atoms with E-state index in [1.807, 2.05) is 44.0 Å². The molecular weight excluding hydrogens is 244 g/mol. The molecule has 6 nitrogen and oxygen atoms in total. The van der Waals surface area contributed by atoms with E-state index in [1.165, 1.54) is 0 Å². The Kier molecular flexibility index (Phi) is 4.11. The van der Waals surface area contributed by atoms with Gasteiger partial charge in [-0.05, 0) is 48.9 Å². The van der Waals surface area contributed by atoms with Crippen LogP contribution in [0.25, 0.3) is 11.0 Å². The van der Waals surface area contributed by atoms with E-state index < -0.39 is 0 Å². The SMILES string of the molecule is CCNC(=O)C(C)N(C)Cc1ccc2nonc2c1. The van der Waals surface area contributed by atoms with E-state index in [9.17, 15) is 4.79 Å². The van der Waals surface area contributed by atoms with Crippen molar-refractivity contribution in [2.75, 3.05) is 13.6 Å². The molecule has 0 aliphatic heterocycles. The molecule has 2 aromatic rings. The maximum Gasteiger partial charge on any atom is 0.237 e. The Hall–Kier alpha value is -1.95. The van der Waals surface area contributed by atoms with Gasteiger partial charge in [0, 0.05) is 13.1 Å². The molecule has 102 valence electrons. The first-order chi connectivity index (χ1) is 9.11. The molecule has 0 spiro atoms. The molecule has 2 rings (SSSR count). The van der Waals surface area contributed by atoms with Crippen molar-refractivity contribution in [2.45, 2.75) is 26.4 Å². The second kappa shape index (κ2) is 5.79. The van der Waals surface area contributed by atoms with Crippen LogP contribution < -0.4 is 5.32 Å². The Morgan fingerprint density at radius 1 is 1.42 bits per heavy atom. The summed E-state index contributed by atoms with van der Waals surface area (Å²) in [5.41, 5.74) is 2.54. The van der Waals surface area contributed by atoms with Crippen LogP contribution in [0.4, 0.5) is 0 Å². The van der Waals surface area contributed by atoms with Crippen LogP contribution in [0.3, 0.4) is 0 Å². The molecular formula is C13H18N4O2. The summed E-state index contributed by atoms with van der Waals surface area (Å²) >= 11 is 0. The summed E-state index contributed by atoms with van der Waals surface area (Å²) in [6, 6.07) is 5.58. The van der Waals surface area contributed by atoms with Crippen LogP contribution >= 0.6 is 0 Å². The predicted molar refractivity (Wildman–Crippen MR) is 71.4 cm³/mol. The molecule has 0 aliphatic carbocycles. The molecule has 1 unspecified atom stereocenters. The fourth-order valence-electron chi connectivity index (χ4n) is 1.87. The highest BCUT2D eigenvalue weighted by atomic mass is 16.6. The summed E-state index contributed by atoms with van der Waals surface area (Å²) in [6.45, 7) is 5.12. The first kappa shape index (κ1) is 13.5. The van der Waals surface area contributed by atoms with Gasteiger partial charge in [-0.2, -0.15) is 0 Å². The van der Waals surface area contributed by atoms with Gasteiger partial charge in [-0.15, -0.1) is 0 Å². The highest BCUT2D eigenvalue weighted by molar-refractivity contribution is 5.81. The summed E-state index contributed by atoms with van der Waals surface area (Å²) in [6.07, 6.45) is 0. The molecule has 1 aromatic heterocycles. The van der Waals surface area contributed by atoms with Gasteiger partial charge in [0.05, 0.1) is 6.04 Å². The number of hydrogen-bond acceptors (Lipinski definition) is 5. The average molecular weight is 262 g/mol.